The zero-order valence-corrected chi connectivity index (χ0v) is 11.6. The first kappa shape index (κ1) is 13.4. The number of benzene rings is 1. The summed E-state index contributed by atoms with van der Waals surface area (Å²) in [6.45, 7) is 1.34. The van der Waals surface area contributed by atoms with Gasteiger partial charge in [-0.25, -0.2) is 0 Å². The zero-order chi connectivity index (χ0) is 13.1. The Morgan fingerprint density at radius 2 is 2.22 bits per heavy atom. The normalized spacial score (nSPS) is 20.8. The Hall–Kier alpha value is -1.07. The molecule has 1 unspecified atom stereocenters. The van der Waals surface area contributed by atoms with Gasteiger partial charge in [0, 0.05) is 11.0 Å². The Balaban J connectivity index is 2.15. The molecule has 0 aliphatic carbocycles. The van der Waals surface area contributed by atoms with Gasteiger partial charge in [0.15, 0.2) is 0 Å². The fraction of sp³-hybridized carbons (Fsp3) is 0.462. The minimum atomic E-state index is -0.758. The molecule has 0 amide bonds. The number of hydrogen-bond donors (Lipinski definition) is 2. The van der Waals surface area contributed by atoms with Crippen molar-refractivity contribution in [1.82, 2.24) is 4.90 Å². The van der Waals surface area contributed by atoms with E-state index in [4.69, 9.17) is 0 Å². The topological polar surface area (TPSA) is 60.8 Å². The van der Waals surface area contributed by atoms with Gasteiger partial charge in [0.1, 0.15) is 11.8 Å². The van der Waals surface area contributed by atoms with Crippen molar-refractivity contribution >= 4 is 21.9 Å². The van der Waals surface area contributed by atoms with Gasteiger partial charge >= 0.3 is 5.97 Å². The van der Waals surface area contributed by atoms with E-state index < -0.39 is 12.0 Å². The van der Waals surface area contributed by atoms with Gasteiger partial charge in [-0.2, -0.15) is 0 Å². The summed E-state index contributed by atoms with van der Waals surface area (Å²) in [6.07, 6.45) is 2.70. The molecule has 0 saturated carbocycles. The third-order valence-electron chi connectivity index (χ3n) is 3.30. The Kier molecular flexibility index (Phi) is 4.24. The second-order valence-corrected chi connectivity index (χ2v) is 5.45. The molecule has 1 aliphatic heterocycles. The molecule has 1 atom stereocenters. The number of phenolic OH excluding ortho intramolecular Hbond substituents is 1. The van der Waals surface area contributed by atoms with Crippen LogP contribution in [0.1, 0.15) is 24.8 Å². The van der Waals surface area contributed by atoms with E-state index in [-0.39, 0.29) is 5.75 Å². The summed E-state index contributed by atoms with van der Waals surface area (Å²) >= 11 is 3.43. The molecule has 1 fully saturated rings. The van der Waals surface area contributed by atoms with Crippen molar-refractivity contribution in [3.05, 3.63) is 28.2 Å². The third-order valence-corrected chi connectivity index (χ3v) is 4.08. The lowest BCUT2D eigenvalue weighted by Crippen LogP contribution is -2.44. The van der Waals surface area contributed by atoms with Gasteiger partial charge in [-0.1, -0.05) is 22.4 Å². The minimum Gasteiger partial charge on any atom is -0.508 e. The SMILES string of the molecule is O=C(O)C1CCCCN1Cc1cc(O)ccc1Br. The maximum absolute atomic E-state index is 11.2. The van der Waals surface area contributed by atoms with Crippen LogP contribution < -0.4 is 0 Å². The van der Waals surface area contributed by atoms with Crippen LogP contribution in [0.4, 0.5) is 0 Å². The second kappa shape index (κ2) is 5.71. The highest BCUT2D eigenvalue weighted by Gasteiger charge is 2.28. The van der Waals surface area contributed by atoms with Gasteiger partial charge in [-0.3, -0.25) is 9.69 Å². The summed E-state index contributed by atoms with van der Waals surface area (Å²) in [5, 5.41) is 18.7. The van der Waals surface area contributed by atoms with Crippen LogP contribution in [0.15, 0.2) is 22.7 Å². The molecule has 1 saturated heterocycles. The average molecular weight is 314 g/mol. The van der Waals surface area contributed by atoms with Crippen LogP contribution in [-0.2, 0) is 11.3 Å². The fourth-order valence-electron chi connectivity index (χ4n) is 2.36. The van der Waals surface area contributed by atoms with E-state index >= 15 is 0 Å². The van der Waals surface area contributed by atoms with Gasteiger partial charge in [-0.05, 0) is 43.1 Å². The number of nitrogens with zero attached hydrogens (tertiary/aromatic N) is 1. The summed E-state index contributed by atoms with van der Waals surface area (Å²) in [5.74, 6) is -0.553. The molecule has 0 radical (unpaired) electrons. The molecule has 4 nitrogen and oxygen atoms in total. The van der Waals surface area contributed by atoms with E-state index in [9.17, 15) is 15.0 Å². The smallest absolute Gasteiger partial charge is 0.320 e. The number of halogens is 1. The first-order valence-corrected chi connectivity index (χ1v) is 6.81. The van der Waals surface area contributed by atoms with Crippen molar-refractivity contribution in [3.8, 4) is 5.75 Å². The van der Waals surface area contributed by atoms with Crippen molar-refractivity contribution in [3.63, 3.8) is 0 Å². The van der Waals surface area contributed by atoms with Crippen molar-refractivity contribution in [2.45, 2.75) is 31.8 Å². The lowest BCUT2D eigenvalue weighted by Gasteiger charge is -2.33. The van der Waals surface area contributed by atoms with Crippen molar-refractivity contribution in [1.29, 1.82) is 0 Å². The lowest BCUT2D eigenvalue weighted by atomic mass is 10.0. The zero-order valence-electron chi connectivity index (χ0n) is 9.97. The Morgan fingerprint density at radius 3 is 2.94 bits per heavy atom. The molecule has 1 aromatic carbocycles. The van der Waals surface area contributed by atoms with Gasteiger partial charge in [0.2, 0.25) is 0 Å². The lowest BCUT2D eigenvalue weighted by molar-refractivity contribution is -0.144. The highest BCUT2D eigenvalue weighted by Crippen LogP contribution is 2.26. The molecule has 2 rings (SSSR count). The number of piperidine rings is 1. The first-order valence-electron chi connectivity index (χ1n) is 6.02. The molecule has 2 N–H and O–H groups in total. The van der Waals surface area contributed by atoms with Crippen LogP contribution in [0.3, 0.4) is 0 Å². The summed E-state index contributed by atoms with van der Waals surface area (Å²) in [4.78, 5) is 13.2. The average Bonchev–Trinajstić information content (AvgIpc) is 2.34. The van der Waals surface area contributed by atoms with Crippen LogP contribution in [0.25, 0.3) is 0 Å². The number of hydrogen-bond acceptors (Lipinski definition) is 3. The van der Waals surface area contributed by atoms with Crippen LogP contribution in [0.5, 0.6) is 5.75 Å². The molecular weight excluding hydrogens is 298 g/mol. The van der Waals surface area contributed by atoms with Crippen LogP contribution >= 0.6 is 15.9 Å². The quantitative estimate of drug-likeness (QED) is 0.900. The van der Waals surface area contributed by atoms with Crippen molar-refractivity contribution in [2.75, 3.05) is 6.54 Å². The van der Waals surface area contributed by atoms with Gasteiger partial charge in [0.25, 0.3) is 0 Å². The third kappa shape index (κ3) is 3.03. The summed E-state index contributed by atoms with van der Waals surface area (Å²) in [6, 6.07) is 4.66. The molecule has 0 aromatic heterocycles. The van der Waals surface area contributed by atoms with Gasteiger partial charge < -0.3 is 10.2 Å². The highest BCUT2D eigenvalue weighted by atomic mass is 79.9. The van der Waals surface area contributed by atoms with E-state index in [1.807, 2.05) is 4.90 Å². The minimum absolute atomic E-state index is 0.206. The van der Waals surface area contributed by atoms with E-state index in [0.717, 1.165) is 29.4 Å². The van der Waals surface area contributed by atoms with Crippen LogP contribution in [0, 0.1) is 0 Å². The van der Waals surface area contributed by atoms with E-state index in [0.29, 0.717) is 13.0 Å². The van der Waals surface area contributed by atoms with Gasteiger partial charge in [-0.15, -0.1) is 0 Å². The Morgan fingerprint density at radius 1 is 1.44 bits per heavy atom. The molecular formula is C13H16BrNO3. The second-order valence-electron chi connectivity index (χ2n) is 4.60. The molecule has 1 aromatic rings. The monoisotopic (exact) mass is 313 g/mol. The first-order chi connectivity index (χ1) is 8.58. The number of likely N-dealkylation sites (tertiary alicyclic amines) is 1. The number of carboxylic acids is 1. The Bertz CT molecular complexity index is 450. The number of rotatable bonds is 3. The highest BCUT2D eigenvalue weighted by molar-refractivity contribution is 9.10. The van der Waals surface area contributed by atoms with E-state index in [2.05, 4.69) is 15.9 Å². The van der Waals surface area contributed by atoms with Crippen molar-refractivity contribution in [2.24, 2.45) is 0 Å². The largest absolute Gasteiger partial charge is 0.508 e. The fourth-order valence-corrected chi connectivity index (χ4v) is 2.73. The molecule has 0 bridgehead atoms. The summed E-state index contributed by atoms with van der Waals surface area (Å²) in [5.41, 5.74) is 0.920. The number of carboxylic acid groups (broad SMARTS) is 1. The number of phenols is 1. The summed E-state index contributed by atoms with van der Waals surface area (Å²) < 4.78 is 0.898. The van der Waals surface area contributed by atoms with E-state index in [1.165, 1.54) is 0 Å². The predicted octanol–water partition coefficient (Wildman–Crippen LogP) is 2.59. The number of aliphatic carboxylic acids is 1. The van der Waals surface area contributed by atoms with Crippen LogP contribution in [0.2, 0.25) is 0 Å². The molecule has 1 heterocycles. The number of carbonyl (C=O) groups is 1. The van der Waals surface area contributed by atoms with Crippen molar-refractivity contribution < 1.29 is 15.0 Å². The molecule has 1 aliphatic rings. The maximum atomic E-state index is 11.2. The molecule has 0 spiro atoms. The maximum Gasteiger partial charge on any atom is 0.320 e. The number of aromatic hydroxyl groups is 1. The van der Waals surface area contributed by atoms with Gasteiger partial charge in [0.05, 0.1) is 0 Å². The standard InChI is InChI=1S/C13H16BrNO3/c14-11-5-4-10(16)7-9(11)8-15-6-2-1-3-12(15)13(17)18/h4-5,7,12,16H,1-3,6,8H2,(H,17,18). The molecule has 5 heteroatoms. The predicted molar refractivity (Wildman–Crippen MR) is 71.5 cm³/mol. The van der Waals surface area contributed by atoms with E-state index in [1.54, 1.807) is 18.2 Å². The van der Waals surface area contributed by atoms with Crippen LogP contribution in [-0.4, -0.2) is 33.7 Å². The molecule has 18 heavy (non-hydrogen) atoms. The molecule has 98 valence electrons. The Labute approximate surface area is 114 Å². The summed E-state index contributed by atoms with van der Waals surface area (Å²) in [7, 11) is 0.